The zero-order chi connectivity index (χ0) is 26.9. The Morgan fingerprint density at radius 3 is 2.00 bits per heavy atom. The number of carbonyl (C=O) groups is 1. The van der Waals surface area contributed by atoms with Gasteiger partial charge in [-0.3, -0.25) is 4.79 Å². The zero-order valence-electron chi connectivity index (χ0n) is 20.0. The number of carbonyl (C=O) groups excluding carboxylic acids is 1. The molecule has 0 atom stereocenters. The van der Waals surface area contributed by atoms with Gasteiger partial charge in [-0.05, 0) is 83.9 Å². The van der Waals surface area contributed by atoms with Gasteiger partial charge in [-0.2, -0.15) is 5.26 Å². The average Bonchev–Trinajstić information content (AvgIpc) is 2.92. The molecule has 5 nitrogen and oxygen atoms in total. The summed E-state index contributed by atoms with van der Waals surface area (Å²) in [7, 11) is 0. The van der Waals surface area contributed by atoms with Crippen LogP contribution in [0.1, 0.15) is 16.7 Å². The first-order valence-electron chi connectivity index (χ1n) is 11.5. The molecule has 0 heterocycles. The fourth-order valence-electron chi connectivity index (χ4n) is 3.39. The van der Waals surface area contributed by atoms with Crippen LogP contribution in [0.2, 0.25) is 5.02 Å². The van der Waals surface area contributed by atoms with Crippen LogP contribution in [0.25, 0.3) is 6.08 Å². The molecule has 0 aliphatic carbocycles. The molecule has 0 radical (unpaired) electrons. The Hall–Kier alpha value is -3.57. The van der Waals surface area contributed by atoms with Crippen molar-refractivity contribution in [2.24, 2.45) is 0 Å². The standard InChI is InChI=1S/C30H21Br2ClN2O3/c31-24-5-1-20(2-6-24)18-37-28-12-10-27(11-13-28)35-30(36)23(17-34)15-22-16-26(33)9-14-29(22)38-19-21-3-7-25(32)8-4-21/h1-16H,18-19H2,(H,35,36)/b23-15+. The van der Waals surface area contributed by atoms with Crippen LogP contribution in [0.15, 0.2) is 106 Å². The first-order valence-corrected chi connectivity index (χ1v) is 13.4. The van der Waals surface area contributed by atoms with Crippen molar-refractivity contribution in [3.05, 3.63) is 127 Å². The van der Waals surface area contributed by atoms with Crippen molar-refractivity contribution in [3.8, 4) is 17.6 Å². The maximum absolute atomic E-state index is 12.9. The van der Waals surface area contributed by atoms with Gasteiger partial charge in [-0.15, -0.1) is 0 Å². The lowest BCUT2D eigenvalue weighted by atomic mass is 10.1. The minimum absolute atomic E-state index is 0.0867. The number of nitrogens with zero attached hydrogens (tertiary/aromatic N) is 1. The van der Waals surface area contributed by atoms with Gasteiger partial charge < -0.3 is 14.8 Å². The van der Waals surface area contributed by atoms with E-state index >= 15 is 0 Å². The summed E-state index contributed by atoms with van der Waals surface area (Å²) in [6, 6.07) is 29.6. The third-order valence-electron chi connectivity index (χ3n) is 5.38. The first kappa shape index (κ1) is 27.5. The van der Waals surface area contributed by atoms with Crippen molar-refractivity contribution in [1.82, 2.24) is 0 Å². The Labute approximate surface area is 242 Å². The van der Waals surface area contributed by atoms with Crippen LogP contribution >= 0.6 is 43.5 Å². The second-order valence-electron chi connectivity index (χ2n) is 8.16. The summed E-state index contributed by atoms with van der Waals surface area (Å²) in [6.07, 6.45) is 1.47. The molecule has 38 heavy (non-hydrogen) atoms. The van der Waals surface area contributed by atoms with Gasteiger partial charge >= 0.3 is 0 Å². The Kier molecular flexibility index (Phi) is 9.61. The number of ether oxygens (including phenoxy) is 2. The highest BCUT2D eigenvalue weighted by Gasteiger charge is 2.13. The van der Waals surface area contributed by atoms with E-state index in [1.54, 1.807) is 42.5 Å². The van der Waals surface area contributed by atoms with E-state index in [9.17, 15) is 10.1 Å². The van der Waals surface area contributed by atoms with Crippen molar-refractivity contribution in [2.75, 3.05) is 5.32 Å². The van der Waals surface area contributed by atoms with Crippen LogP contribution in [-0.2, 0) is 18.0 Å². The Balaban J connectivity index is 1.41. The highest BCUT2D eigenvalue weighted by atomic mass is 79.9. The topological polar surface area (TPSA) is 71.3 Å². The number of hydrogen-bond acceptors (Lipinski definition) is 4. The smallest absolute Gasteiger partial charge is 0.266 e. The number of nitriles is 1. The summed E-state index contributed by atoms with van der Waals surface area (Å²) in [5, 5.41) is 12.9. The molecular formula is C30H21Br2ClN2O3. The predicted molar refractivity (Wildman–Crippen MR) is 157 cm³/mol. The van der Waals surface area contributed by atoms with Crippen molar-refractivity contribution in [3.63, 3.8) is 0 Å². The monoisotopic (exact) mass is 650 g/mol. The third kappa shape index (κ3) is 7.96. The minimum Gasteiger partial charge on any atom is -0.489 e. The lowest BCUT2D eigenvalue weighted by molar-refractivity contribution is -0.112. The van der Waals surface area contributed by atoms with E-state index in [1.165, 1.54) is 6.08 Å². The molecule has 0 fully saturated rings. The van der Waals surface area contributed by atoms with Gasteiger partial charge in [0, 0.05) is 25.2 Å². The molecule has 4 aromatic rings. The summed E-state index contributed by atoms with van der Waals surface area (Å²) in [4.78, 5) is 12.9. The first-order chi connectivity index (χ1) is 18.4. The molecule has 0 unspecified atom stereocenters. The molecule has 1 N–H and O–H groups in total. The van der Waals surface area contributed by atoms with Crippen LogP contribution in [0.3, 0.4) is 0 Å². The normalized spacial score (nSPS) is 10.9. The van der Waals surface area contributed by atoms with Crippen LogP contribution in [0.4, 0.5) is 5.69 Å². The number of rotatable bonds is 9. The number of amides is 1. The Morgan fingerprint density at radius 2 is 1.42 bits per heavy atom. The lowest BCUT2D eigenvalue weighted by Crippen LogP contribution is -2.13. The van der Waals surface area contributed by atoms with Crippen LogP contribution in [-0.4, -0.2) is 5.91 Å². The fraction of sp³-hybridized carbons (Fsp3) is 0.0667. The van der Waals surface area contributed by atoms with E-state index < -0.39 is 5.91 Å². The van der Waals surface area contributed by atoms with Crippen LogP contribution < -0.4 is 14.8 Å². The molecule has 0 aliphatic heterocycles. The van der Waals surface area contributed by atoms with E-state index in [0.29, 0.717) is 41.0 Å². The van der Waals surface area contributed by atoms with Gasteiger partial charge in [0.1, 0.15) is 36.4 Å². The highest BCUT2D eigenvalue weighted by molar-refractivity contribution is 9.10. The van der Waals surface area contributed by atoms with Gasteiger partial charge in [-0.25, -0.2) is 0 Å². The molecule has 4 aromatic carbocycles. The lowest BCUT2D eigenvalue weighted by Gasteiger charge is -2.11. The Bertz CT molecular complexity index is 1480. The number of nitrogens with one attached hydrogen (secondary N) is 1. The third-order valence-corrected chi connectivity index (χ3v) is 6.67. The summed E-state index contributed by atoms with van der Waals surface area (Å²) in [5.41, 5.74) is 2.98. The second-order valence-corrected chi connectivity index (χ2v) is 10.4. The maximum Gasteiger partial charge on any atom is 0.266 e. The van der Waals surface area contributed by atoms with Crippen molar-refractivity contribution in [2.45, 2.75) is 13.2 Å². The van der Waals surface area contributed by atoms with Gasteiger partial charge in [0.25, 0.3) is 5.91 Å². The summed E-state index contributed by atoms with van der Waals surface area (Å²) in [6.45, 7) is 0.742. The van der Waals surface area contributed by atoms with E-state index in [2.05, 4.69) is 37.2 Å². The van der Waals surface area contributed by atoms with Gasteiger partial charge in [0.2, 0.25) is 0 Å². The van der Waals surface area contributed by atoms with Gasteiger partial charge in [-0.1, -0.05) is 67.7 Å². The average molecular weight is 653 g/mol. The SMILES string of the molecule is N#C/C(=C\c1cc(Cl)ccc1OCc1ccc(Br)cc1)C(=O)Nc1ccc(OCc2ccc(Br)cc2)cc1. The van der Waals surface area contributed by atoms with Crippen LogP contribution in [0.5, 0.6) is 11.5 Å². The van der Waals surface area contributed by atoms with E-state index in [1.807, 2.05) is 54.6 Å². The van der Waals surface area contributed by atoms with Gasteiger partial charge in [0.15, 0.2) is 0 Å². The number of hydrogen-bond donors (Lipinski definition) is 1. The number of anilines is 1. The molecule has 0 aliphatic rings. The molecule has 8 heteroatoms. The largest absolute Gasteiger partial charge is 0.489 e. The summed E-state index contributed by atoms with van der Waals surface area (Å²) >= 11 is 13.0. The fourth-order valence-corrected chi connectivity index (χ4v) is 4.10. The number of halogens is 3. The summed E-state index contributed by atoms with van der Waals surface area (Å²) in [5.74, 6) is 0.619. The molecular weight excluding hydrogens is 632 g/mol. The predicted octanol–water partition coefficient (Wildman–Crippen LogP) is 8.57. The molecule has 4 rings (SSSR count). The Morgan fingerprint density at radius 1 is 0.842 bits per heavy atom. The molecule has 0 spiro atoms. The molecule has 0 bridgehead atoms. The minimum atomic E-state index is -0.546. The van der Waals surface area contributed by atoms with E-state index in [0.717, 1.165) is 20.1 Å². The molecule has 190 valence electrons. The van der Waals surface area contributed by atoms with E-state index in [-0.39, 0.29) is 5.57 Å². The molecule has 0 saturated carbocycles. The molecule has 1 amide bonds. The van der Waals surface area contributed by atoms with Crippen molar-refractivity contribution >= 4 is 61.1 Å². The van der Waals surface area contributed by atoms with E-state index in [4.69, 9.17) is 21.1 Å². The second kappa shape index (κ2) is 13.3. The van der Waals surface area contributed by atoms with Crippen LogP contribution in [0, 0.1) is 11.3 Å². The van der Waals surface area contributed by atoms with Crippen molar-refractivity contribution < 1.29 is 14.3 Å². The molecule has 0 saturated heterocycles. The highest BCUT2D eigenvalue weighted by Crippen LogP contribution is 2.27. The molecule has 0 aromatic heterocycles. The summed E-state index contributed by atoms with van der Waals surface area (Å²) < 4.78 is 13.7. The van der Waals surface area contributed by atoms with Crippen molar-refractivity contribution in [1.29, 1.82) is 5.26 Å². The van der Waals surface area contributed by atoms with Gasteiger partial charge in [0.05, 0.1) is 0 Å². The maximum atomic E-state index is 12.9. The number of benzene rings is 4. The zero-order valence-corrected chi connectivity index (χ0v) is 23.9. The quantitative estimate of drug-likeness (QED) is 0.145.